The van der Waals surface area contributed by atoms with Crippen LogP contribution in [-0.4, -0.2) is 15.3 Å². The highest BCUT2D eigenvalue weighted by molar-refractivity contribution is 5.91. The van der Waals surface area contributed by atoms with Crippen LogP contribution in [0.4, 0.5) is 18.9 Å². The fourth-order valence-corrected chi connectivity index (χ4v) is 3.57. The summed E-state index contributed by atoms with van der Waals surface area (Å²) in [4.78, 5) is 17.2. The number of pyridine rings is 1. The number of aryl methyl sites for hydroxylation is 1. The van der Waals surface area contributed by atoms with Crippen LogP contribution < -0.4 is 5.32 Å². The molecular weight excluding hydrogens is 403 g/mol. The van der Waals surface area contributed by atoms with Crippen LogP contribution in [0.3, 0.4) is 0 Å². The Morgan fingerprint density at radius 3 is 2.58 bits per heavy atom. The molecule has 7 heteroatoms. The predicted molar refractivity (Wildman–Crippen MR) is 113 cm³/mol. The Morgan fingerprint density at radius 1 is 1.06 bits per heavy atom. The summed E-state index contributed by atoms with van der Waals surface area (Å²) in [6.07, 6.45) is -1.10. The average molecular weight is 423 g/mol. The molecule has 1 N–H and O–H groups in total. The zero-order valence-electron chi connectivity index (χ0n) is 16.7. The molecule has 0 aliphatic rings. The van der Waals surface area contributed by atoms with Gasteiger partial charge in [0.25, 0.3) is 0 Å². The van der Waals surface area contributed by atoms with Gasteiger partial charge >= 0.3 is 6.18 Å². The monoisotopic (exact) mass is 423 g/mol. The summed E-state index contributed by atoms with van der Waals surface area (Å²) >= 11 is 0. The summed E-state index contributed by atoms with van der Waals surface area (Å²) in [6.45, 7) is 1.94. The minimum absolute atomic E-state index is 0.0299. The van der Waals surface area contributed by atoms with E-state index in [-0.39, 0.29) is 12.3 Å². The van der Waals surface area contributed by atoms with E-state index in [4.69, 9.17) is 0 Å². The van der Waals surface area contributed by atoms with Gasteiger partial charge in [0.2, 0.25) is 5.91 Å². The largest absolute Gasteiger partial charge is 0.416 e. The summed E-state index contributed by atoms with van der Waals surface area (Å²) in [6, 6.07) is 17.9. The molecule has 4 rings (SSSR count). The number of carbonyl (C=O) groups is 1. The molecule has 158 valence electrons. The van der Waals surface area contributed by atoms with Crippen LogP contribution in [0.15, 0.2) is 79.1 Å². The molecule has 1 amide bonds. The number of fused-ring (bicyclic) bond motifs is 1. The number of nitrogens with zero attached hydrogens (tertiary/aromatic N) is 2. The quantitative estimate of drug-likeness (QED) is 0.440. The second-order valence-corrected chi connectivity index (χ2v) is 7.41. The van der Waals surface area contributed by atoms with Gasteiger partial charge in [-0.2, -0.15) is 13.2 Å². The summed E-state index contributed by atoms with van der Waals surface area (Å²) in [5.74, 6) is -0.901. The van der Waals surface area contributed by atoms with E-state index in [0.717, 1.165) is 17.7 Å². The van der Waals surface area contributed by atoms with E-state index in [0.29, 0.717) is 22.6 Å². The summed E-state index contributed by atoms with van der Waals surface area (Å²) < 4.78 is 41.7. The minimum Gasteiger partial charge on any atom is -0.326 e. The Bertz CT molecular complexity index is 1210. The highest BCUT2D eigenvalue weighted by Crippen LogP contribution is 2.34. The maximum atomic E-state index is 13.3. The molecule has 2 aromatic carbocycles. The van der Waals surface area contributed by atoms with Crippen molar-refractivity contribution < 1.29 is 18.0 Å². The molecule has 0 bridgehead atoms. The van der Waals surface area contributed by atoms with E-state index < -0.39 is 17.7 Å². The van der Waals surface area contributed by atoms with Gasteiger partial charge in [0, 0.05) is 30.4 Å². The zero-order valence-corrected chi connectivity index (χ0v) is 16.7. The van der Waals surface area contributed by atoms with Crippen LogP contribution in [0.1, 0.15) is 34.7 Å². The number of carbonyl (C=O) groups excluding carboxylic acids is 1. The normalized spacial score (nSPS) is 12.6. The minimum atomic E-state index is -4.47. The Hall–Kier alpha value is -3.61. The van der Waals surface area contributed by atoms with Gasteiger partial charge < -0.3 is 9.72 Å². The van der Waals surface area contributed by atoms with E-state index in [2.05, 4.69) is 10.3 Å². The van der Waals surface area contributed by atoms with Crippen molar-refractivity contribution in [2.75, 3.05) is 5.32 Å². The van der Waals surface area contributed by atoms with Gasteiger partial charge in [-0.25, -0.2) is 4.98 Å². The number of nitrogens with one attached hydrogen (secondary N) is 1. The maximum Gasteiger partial charge on any atom is 0.416 e. The third-order valence-corrected chi connectivity index (χ3v) is 5.14. The van der Waals surface area contributed by atoms with Gasteiger partial charge in [-0.05, 0) is 42.8 Å². The lowest BCUT2D eigenvalue weighted by Gasteiger charge is -2.19. The molecule has 2 heterocycles. The number of amides is 1. The van der Waals surface area contributed by atoms with Crippen molar-refractivity contribution in [2.45, 2.75) is 25.4 Å². The van der Waals surface area contributed by atoms with Crippen molar-refractivity contribution in [3.05, 3.63) is 102 Å². The SMILES string of the molecule is Cc1ccc(NC(=O)CC(c2cccc(C(F)(F)F)c2)c2cnc3ccccn23)cc1. The van der Waals surface area contributed by atoms with Gasteiger partial charge in [0.15, 0.2) is 0 Å². The fraction of sp³-hybridized carbons (Fsp3) is 0.167. The molecule has 0 spiro atoms. The third-order valence-electron chi connectivity index (χ3n) is 5.14. The molecule has 31 heavy (non-hydrogen) atoms. The molecule has 4 nitrogen and oxygen atoms in total. The molecule has 4 aromatic rings. The lowest BCUT2D eigenvalue weighted by atomic mass is 9.91. The van der Waals surface area contributed by atoms with Crippen LogP contribution in [0.25, 0.3) is 5.65 Å². The first-order chi connectivity index (χ1) is 14.8. The number of aromatic nitrogens is 2. The number of hydrogen-bond donors (Lipinski definition) is 1. The van der Waals surface area contributed by atoms with Crippen LogP contribution in [0.2, 0.25) is 0 Å². The molecule has 0 saturated heterocycles. The van der Waals surface area contributed by atoms with Crippen LogP contribution >= 0.6 is 0 Å². The topological polar surface area (TPSA) is 46.4 Å². The van der Waals surface area contributed by atoms with E-state index in [1.165, 1.54) is 6.07 Å². The number of hydrogen-bond acceptors (Lipinski definition) is 2. The fourth-order valence-electron chi connectivity index (χ4n) is 3.57. The van der Waals surface area contributed by atoms with E-state index >= 15 is 0 Å². The number of benzene rings is 2. The van der Waals surface area contributed by atoms with Crippen molar-refractivity contribution in [3.63, 3.8) is 0 Å². The lowest BCUT2D eigenvalue weighted by Crippen LogP contribution is -2.18. The molecule has 2 aromatic heterocycles. The van der Waals surface area contributed by atoms with E-state index in [9.17, 15) is 18.0 Å². The van der Waals surface area contributed by atoms with Crippen LogP contribution in [-0.2, 0) is 11.0 Å². The molecule has 0 fully saturated rings. The van der Waals surface area contributed by atoms with Crippen molar-refractivity contribution >= 4 is 17.2 Å². The first kappa shape index (κ1) is 20.7. The first-order valence-corrected chi connectivity index (χ1v) is 9.77. The van der Waals surface area contributed by atoms with Gasteiger partial charge in [-0.1, -0.05) is 42.0 Å². The first-order valence-electron chi connectivity index (χ1n) is 9.77. The number of halogens is 3. The Kier molecular flexibility index (Phi) is 5.50. The molecule has 0 aliphatic heterocycles. The Labute approximate surface area is 177 Å². The number of anilines is 1. The van der Waals surface area contributed by atoms with Crippen LogP contribution in [0, 0.1) is 6.92 Å². The molecule has 1 atom stereocenters. The lowest BCUT2D eigenvalue weighted by molar-refractivity contribution is -0.137. The predicted octanol–water partition coefficient (Wildman–Crippen LogP) is 5.82. The third kappa shape index (κ3) is 4.60. The van der Waals surface area contributed by atoms with Gasteiger partial charge in [-0.3, -0.25) is 4.79 Å². The summed E-state index contributed by atoms with van der Waals surface area (Å²) in [5, 5.41) is 2.83. The standard InChI is InChI=1S/C24H20F3N3O/c1-16-8-10-19(11-9-16)29-23(31)14-20(17-5-4-6-18(13-17)24(25,26)27)21-15-28-22-7-2-3-12-30(21)22/h2-13,15,20H,14H2,1H3,(H,29,31). The highest BCUT2D eigenvalue weighted by atomic mass is 19.4. The highest BCUT2D eigenvalue weighted by Gasteiger charge is 2.32. The van der Waals surface area contributed by atoms with E-state index in [1.54, 1.807) is 41.1 Å². The van der Waals surface area contributed by atoms with Crippen molar-refractivity contribution in [1.82, 2.24) is 9.38 Å². The van der Waals surface area contributed by atoms with Gasteiger partial charge in [0.1, 0.15) is 5.65 Å². The smallest absolute Gasteiger partial charge is 0.326 e. The molecule has 0 radical (unpaired) electrons. The van der Waals surface area contributed by atoms with Crippen molar-refractivity contribution in [3.8, 4) is 0 Å². The zero-order chi connectivity index (χ0) is 22.0. The number of rotatable bonds is 5. The maximum absolute atomic E-state index is 13.3. The molecule has 1 unspecified atom stereocenters. The van der Waals surface area contributed by atoms with E-state index in [1.807, 2.05) is 31.2 Å². The molecular formula is C24H20F3N3O. The van der Waals surface area contributed by atoms with Crippen molar-refractivity contribution in [2.24, 2.45) is 0 Å². The molecule has 0 aliphatic carbocycles. The van der Waals surface area contributed by atoms with Gasteiger partial charge in [-0.15, -0.1) is 0 Å². The average Bonchev–Trinajstić information content (AvgIpc) is 3.17. The summed E-state index contributed by atoms with van der Waals surface area (Å²) in [7, 11) is 0. The van der Waals surface area contributed by atoms with Gasteiger partial charge in [0.05, 0.1) is 11.3 Å². The number of alkyl halides is 3. The van der Waals surface area contributed by atoms with Crippen LogP contribution in [0.5, 0.6) is 0 Å². The number of imidazole rings is 1. The second-order valence-electron chi connectivity index (χ2n) is 7.41. The Morgan fingerprint density at radius 2 is 1.84 bits per heavy atom. The molecule has 0 saturated carbocycles. The summed E-state index contributed by atoms with van der Waals surface area (Å²) in [5.41, 5.74) is 2.66. The van der Waals surface area contributed by atoms with Crippen molar-refractivity contribution in [1.29, 1.82) is 0 Å². The second kappa shape index (κ2) is 8.26. The Balaban J connectivity index is 1.71.